The fraction of sp³-hybridized carbons (Fsp3) is 0.968. The van der Waals surface area contributed by atoms with Crippen molar-refractivity contribution in [3.8, 4) is 0 Å². The molecule has 0 aromatic rings. The van der Waals surface area contributed by atoms with Gasteiger partial charge in [-0.15, -0.1) is 0 Å². The van der Waals surface area contributed by atoms with Gasteiger partial charge >= 0.3 is 0 Å². The topological polar surface area (TPSA) is 265 Å². The third kappa shape index (κ3) is 8.90. The summed E-state index contributed by atoms with van der Waals surface area (Å²) < 4.78 is 48.1. The summed E-state index contributed by atoms with van der Waals surface area (Å²) in [7, 11) is 0. The molecule has 4 fully saturated rings. The van der Waals surface area contributed by atoms with E-state index in [9.17, 15) is 45.6 Å². The molecular formula is C31H55NO17. The molecule has 0 saturated carbocycles. The molecule has 0 radical (unpaired) electrons. The average molecular weight is 714 g/mol. The smallest absolute Gasteiger partial charge is 0.217 e. The van der Waals surface area contributed by atoms with Crippen molar-refractivity contribution in [2.45, 2.75) is 159 Å². The second-order valence-corrected chi connectivity index (χ2v) is 13.4. The van der Waals surface area contributed by atoms with Crippen LogP contribution in [0.5, 0.6) is 0 Å². The number of hydrogen-bond donors (Lipinski definition) is 9. The Morgan fingerprint density at radius 3 is 1.78 bits per heavy atom. The monoisotopic (exact) mass is 713 g/mol. The van der Waals surface area contributed by atoms with E-state index in [1.54, 1.807) is 13.8 Å². The Morgan fingerprint density at radius 2 is 1.16 bits per heavy atom. The number of aliphatic hydroxyl groups excluding tert-OH is 8. The number of nitrogens with one attached hydrogen (secondary N) is 1. The summed E-state index contributed by atoms with van der Waals surface area (Å²) in [5.41, 5.74) is 0. The van der Waals surface area contributed by atoms with Gasteiger partial charge in [-0.2, -0.15) is 0 Å². The largest absolute Gasteiger partial charge is 0.394 e. The summed E-state index contributed by atoms with van der Waals surface area (Å²) in [4.78, 5) is 12.5. The Kier molecular flexibility index (Phi) is 14.6. The van der Waals surface area contributed by atoms with Crippen LogP contribution in [-0.2, 0) is 42.7 Å². The van der Waals surface area contributed by atoms with Crippen molar-refractivity contribution < 1.29 is 83.5 Å². The predicted molar refractivity (Wildman–Crippen MR) is 163 cm³/mol. The first-order valence-corrected chi connectivity index (χ1v) is 16.9. The van der Waals surface area contributed by atoms with E-state index in [1.165, 1.54) is 13.8 Å². The van der Waals surface area contributed by atoms with Crippen LogP contribution >= 0.6 is 0 Å². The van der Waals surface area contributed by atoms with Gasteiger partial charge in [0, 0.05) is 19.4 Å². The van der Waals surface area contributed by atoms with Gasteiger partial charge in [-0.05, 0) is 26.2 Å². The minimum Gasteiger partial charge on any atom is -0.394 e. The van der Waals surface area contributed by atoms with Gasteiger partial charge in [0.1, 0.15) is 67.1 Å². The first-order chi connectivity index (χ1) is 23.1. The lowest BCUT2D eigenvalue weighted by Gasteiger charge is -2.51. The molecule has 4 rings (SSSR count). The number of carbonyl (C=O) groups is 1. The van der Waals surface area contributed by atoms with E-state index in [1.807, 2.05) is 13.8 Å². The molecule has 4 aliphatic heterocycles. The third-order valence-electron chi connectivity index (χ3n) is 9.82. The van der Waals surface area contributed by atoms with Gasteiger partial charge in [-0.1, -0.05) is 20.8 Å². The normalized spacial score (nSPS) is 49.4. The number of carbonyl (C=O) groups excluding carboxylic acids is 1. The van der Waals surface area contributed by atoms with Crippen LogP contribution in [-0.4, -0.2) is 177 Å². The third-order valence-corrected chi connectivity index (χ3v) is 9.82. The van der Waals surface area contributed by atoms with Gasteiger partial charge in [0.15, 0.2) is 25.2 Å². The van der Waals surface area contributed by atoms with Crippen LogP contribution < -0.4 is 5.32 Å². The van der Waals surface area contributed by atoms with E-state index in [-0.39, 0.29) is 18.4 Å². The molecule has 9 unspecified atom stereocenters. The maximum Gasteiger partial charge on any atom is 0.217 e. The zero-order valence-corrected chi connectivity index (χ0v) is 28.6. The standard InChI is InChI=1S/C31H55NO17/c1-7-8-42-31-27(26(20(37)14(5)44-31)48-30-24(41)23(40)21(38)16(9-33)46-30)49-29-18(32-15(6)35)25(22(39)17(10-34)45-29)47-28-12(3)11(2)19(36)13(4)43-28/h11-14,16-31,33-34,36-41H,7-10H2,1-6H3,(H,32,35)/t11?,12-,13?,14?,16?,17?,18?,19+,20-,21+,22-,23?,24?,25+,26?,27-,28-,29-,30+,31+/m0/s1. The number of ether oxygens (including phenoxy) is 8. The molecule has 18 nitrogen and oxygen atoms in total. The minimum absolute atomic E-state index is 0.170. The van der Waals surface area contributed by atoms with E-state index in [4.69, 9.17) is 37.9 Å². The minimum atomic E-state index is -1.82. The fourth-order valence-electron chi connectivity index (χ4n) is 6.59. The lowest BCUT2D eigenvalue weighted by atomic mass is 9.85. The molecule has 49 heavy (non-hydrogen) atoms. The molecule has 9 N–H and O–H groups in total. The Hall–Kier alpha value is -1.17. The zero-order chi connectivity index (χ0) is 36.3. The highest BCUT2D eigenvalue weighted by Gasteiger charge is 2.55. The van der Waals surface area contributed by atoms with Crippen molar-refractivity contribution in [1.29, 1.82) is 0 Å². The highest BCUT2D eigenvalue weighted by atomic mass is 16.8. The van der Waals surface area contributed by atoms with E-state index in [0.717, 1.165) is 0 Å². The predicted octanol–water partition coefficient (Wildman–Crippen LogP) is -3.57. The van der Waals surface area contributed by atoms with E-state index < -0.39 is 130 Å². The van der Waals surface area contributed by atoms with E-state index in [0.29, 0.717) is 6.42 Å². The number of amides is 1. The summed E-state index contributed by atoms with van der Waals surface area (Å²) in [6, 6.07) is -1.26. The summed E-state index contributed by atoms with van der Waals surface area (Å²) in [5.74, 6) is -1.18. The highest BCUT2D eigenvalue weighted by molar-refractivity contribution is 5.73. The maximum absolute atomic E-state index is 12.5. The molecule has 0 bridgehead atoms. The second kappa shape index (κ2) is 17.6. The van der Waals surface area contributed by atoms with Crippen molar-refractivity contribution in [2.75, 3.05) is 19.8 Å². The molecule has 0 spiro atoms. The lowest BCUT2D eigenvalue weighted by Crippen LogP contribution is -2.69. The van der Waals surface area contributed by atoms with Gasteiger partial charge in [-0.3, -0.25) is 4.79 Å². The fourth-order valence-corrected chi connectivity index (χ4v) is 6.59. The van der Waals surface area contributed by atoms with E-state index in [2.05, 4.69) is 5.32 Å². The number of hydrogen-bond acceptors (Lipinski definition) is 17. The van der Waals surface area contributed by atoms with Crippen LogP contribution in [0.4, 0.5) is 0 Å². The molecule has 1 amide bonds. The van der Waals surface area contributed by atoms with Gasteiger partial charge in [0.25, 0.3) is 0 Å². The second-order valence-electron chi connectivity index (χ2n) is 13.4. The molecular weight excluding hydrogens is 658 g/mol. The Morgan fingerprint density at radius 1 is 0.612 bits per heavy atom. The lowest BCUT2D eigenvalue weighted by molar-refractivity contribution is -0.387. The number of aliphatic hydroxyl groups is 8. The van der Waals surface area contributed by atoms with Crippen molar-refractivity contribution >= 4 is 5.91 Å². The molecule has 4 saturated heterocycles. The van der Waals surface area contributed by atoms with Gasteiger partial charge in [-0.25, -0.2) is 0 Å². The van der Waals surface area contributed by atoms with Crippen molar-refractivity contribution in [3.63, 3.8) is 0 Å². The summed E-state index contributed by atoms with van der Waals surface area (Å²) >= 11 is 0. The SMILES string of the molecule is CCCO[C@@H]1OC(C)[C@H](O)C(O[C@H]2OC(CO)[C@@H](O)C(O)C2O)[C@@H]1O[C@@H]1OC(CO)[C@H](O)[C@H](O[C@@H]2OC(C)[C@H](O)C(C)[C@@H]2C)C1NC(C)=O. The van der Waals surface area contributed by atoms with Crippen LogP contribution in [0.15, 0.2) is 0 Å². The van der Waals surface area contributed by atoms with Gasteiger partial charge in [0.05, 0.1) is 31.5 Å². The van der Waals surface area contributed by atoms with Crippen LogP contribution in [0.25, 0.3) is 0 Å². The first kappa shape index (κ1) is 40.6. The molecule has 18 heteroatoms. The number of rotatable bonds is 12. The van der Waals surface area contributed by atoms with Crippen LogP contribution in [0.3, 0.4) is 0 Å². The highest BCUT2D eigenvalue weighted by Crippen LogP contribution is 2.37. The molecule has 4 aliphatic rings. The van der Waals surface area contributed by atoms with Crippen molar-refractivity contribution in [1.82, 2.24) is 5.32 Å². The first-order valence-electron chi connectivity index (χ1n) is 16.9. The van der Waals surface area contributed by atoms with Gasteiger partial charge < -0.3 is 84.1 Å². The van der Waals surface area contributed by atoms with Crippen LogP contribution in [0.1, 0.15) is 48.0 Å². The summed E-state index contributed by atoms with van der Waals surface area (Å²) in [6.07, 6.45) is -22.2. The van der Waals surface area contributed by atoms with Crippen LogP contribution in [0.2, 0.25) is 0 Å². The Bertz CT molecular complexity index is 1040. The van der Waals surface area contributed by atoms with Gasteiger partial charge in [0.2, 0.25) is 5.91 Å². The van der Waals surface area contributed by atoms with Crippen molar-refractivity contribution in [3.05, 3.63) is 0 Å². The maximum atomic E-state index is 12.5. The quantitative estimate of drug-likeness (QED) is 0.0947. The Labute approximate surface area is 285 Å². The molecule has 4 heterocycles. The molecule has 0 aromatic heterocycles. The van der Waals surface area contributed by atoms with E-state index >= 15 is 0 Å². The molecule has 286 valence electrons. The summed E-state index contributed by atoms with van der Waals surface area (Å²) in [5, 5.41) is 87.1. The molecule has 0 aromatic carbocycles. The molecule has 20 atom stereocenters. The van der Waals surface area contributed by atoms with Crippen molar-refractivity contribution in [2.24, 2.45) is 11.8 Å². The van der Waals surface area contributed by atoms with Crippen LogP contribution in [0, 0.1) is 11.8 Å². The Balaban J connectivity index is 1.68. The summed E-state index contributed by atoms with van der Waals surface area (Å²) in [6.45, 7) is 8.69. The molecule has 0 aliphatic carbocycles. The zero-order valence-electron chi connectivity index (χ0n) is 28.6. The average Bonchev–Trinajstić information content (AvgIpc) is 3.07.